The summed E-state index contributed by atoms with van der Waals surface area (Å²) in [5.74, 6) is -1.20. The number of carbonyl (C=O) groups excluding carboxylic acids is 1. The van der Waals surface area contributed by atoms with Crippen molar-refractivity contribution in [1.29, 1.82) is 0 Å². The first-order valence-electron chi connectivity index (χ1n) is 9.33. The lowest BCUT2D eigenvalue weighted by Gasteiger charge is -2.12. The van der Waals surface area contributed by atoms with Crippen LogP contribution in [0.1, 0.15) is 20.9 Å². The summed E-state index contributed by atoms with van der Waals surface area (Å²) in [5, 5.41) is 2.60. The van der Waals surface area contributed by atoms with Gasteiger partial charge in [-0.15, -0.1) is 11.3 Å². The van der Waals surface area contributed by atoms with Crippen LogP contribution < -0.4 is 10.1 Å². The van der Waals surface area contributed by atoms with Gasteiger partial charge in [0.15, 0.2) is 0 Å². The highest BCUT2D eigenvalue weighted by Crippen LogP contribution is 2.38. The number of methoxy groups -OCH3 is 1. The highest BCUT2D eigenvalue weighted by atomic mass is 35.5. The zero-order valence-corrected chi connectivity index (χ0v) is 18.2. The van der Waals surface area contributed by atoms with Crippen molar-refractivity contribution in [3.05, 3.63) is 81.5 Å². The van der Waals surface area contributed by atoms with Gasteiger partial charge in [0, 0.05) is 24.0 Å². The number of halogens is 3. The average molecular weight is 459 g/mol. The van der Waals surface area contributed by atoms with Gasteiger partial charge < -0.3 is 10.1 Å². The van der Waals surface area contributed by atoms with E-state index in [-0.39, 0.29) is 26.5 Å². The number of benzene rings is 2. The Hall–Kier alpha value is -3.03. The van der Waals surface area contributed by atoms with Crippen molar-refractivity contribution in [2.24, 2.45) is 0 Å². The molecule has 2 heterocycles. The molecule has 1 amide bonds. The fraction of sp³-hybridized carbons (Fsp3) is 0.130. The smallest absolute Gasteiger partial charge is 0.263 e. The Kier molecular flexibility index (Phi) is 5.89. The van der Waals surface area contributed by atoms with Crippen molar-refractivity contribution in [3.8, 4) is 16.9 Å². The van der Waals surface area contributed by atoms with Crippen LogP contribution in [-0.4, -0.2) is 18.0 Å². The SMILES string of the molecule is COc1ccc(-c2ccnc(C)c2)cc1CNC(=O)c1sc2c(F)ccc(F)c2c1Cl. The predicted octanol–water partition coefficient (Wildman–Crippen LogP) is 6.14. The number of ether oxygens (including phenoxy) is 1. The Morgan fingerprint density at radius 1 is 1.13 bits per heavy atom. The molecule has 0 fully saturated rings. The van der Waals surface area contributed by atoms with E-state index in [2.05, 4.69) is 10.3 Å². The van der Waals surface area contributed by atoms with Crippen molar-refractivity contribution < 1.29 is 18.3 Å². The molecule has 1 N–H and O–H groups in total. The Balaban J connectivity index is 1.62. The predicted molar refractivity (Wildman–Crippen MR) is 119 cm³/mol. The molecule has 0 radical (unpaired) electrons. The molecule has 4 aromatic rings. The van der Waals surface area contributed by atoms with Crippen LogP contribution in [0.2, 0.25) is 5.02 Å². The quantitative estimate of drug-likeness (QED) is 0.390. The molecule has 4 nitrogen and oxygen atoms in total. The second-order valence-corrected chi connectivity index (χ2v) is 8.27. The third-order valence-electron chi connectivity index (χ3n) is 4.84. The molecule has 8 heteroatoms. The Morgan fingerprint density at radius 2 is 1.87 bits per heavy atom. The molecule has 0 atom stereocenters. The van der Waals surface area contributed by atoms with E-state index in [1.54, 1.807) is 13.3 Å². The number of carbonyl (C=O) groups is 1. The molecule has 2 aromatic heterocycles. The largest absolute Gasteiger partial charge is 0.496 e. The monoisotopic (exact) mass is 458 g/mol. The highest BCUT2D eigenvalue weighted by Gasteiger charge is 2.22. The molecule has 0 aliphatic carbocycles. The van der Waals surface area contributed by atoms with E-state index in [9.17, 15) is 13.6 Å². The van der Waals surface area contributed by atoms with Crippen LogP contribution in [-0.2, 0) is 6.54 Å². The van der Waals surface area contributed by atoms with Crippen LogP contribution in [0.15, 0.2) is 48.7 Å². The van der Waals surface area contributed by atoms with Crippen LogP contribution in [0.3, 0.4) is 0 Å². The Bertz CT molecular complexity index is 1310. The number of hydrogen-bond acceptors (Lipinski definition) is 4. The van der Waals surface area contributed by atoms with Crippen LogP contribution in [0, 0.1) is 18.6 Å². The number of fused-ring (bicyclic) bond motifs is 1. The number of aromatic nitrogens is 1. The maximum Gasteiger partial charge on any atom is 0.263 e. The minimum Gasteiger partial charge on any atom is -0.496 e. The third kappa shape index (κ3) is 4.11. The number of aryl methyl sites for hydroxylation is 1. The summed E-state index contributed by atoms with van der Waals surface area (Å²) >= 11 is 7.02. The topological polar surface area (TPSA) is 51.2 Å². The van der Waals surface area contributed by atoms with E-state index >= 15 is 0 Å². The van der Waals surface area contributed by atoms with Crippen molar-refractivity contribution in [3.63, 3.8) is 0 Å². The van der Waals surface area contributed by atoms with E-state index in [1.165, 1.54) is 0 Å². The number of amides is 1. The van der Waals surface area contributed by atoms with E-state index in [1.807, 2.05) is 37.3 Å². The molecule has 4 rings (SSSR count). The molecule has 158 valence electrons. The molecular formula is C23H17ClF2N2O2S. The van der Waals surface area contributed by atoms with Crippen molar-refractivity contribution in [2.75, 3.05) is 7.11 Å². The van der Waals surface area contributed by atoms with Gasteiger partial charge in [0.25, 0.3) is 5.91 Å². The molecule has 0 bridgehead atoms. The number of hydrogen-bond donors (Lipinski definition) is 1. The summed E-state index contributed by atoms with van der Waals surface area (Å²) in [5.41, 5.74) is 3.57. The maximum absolute atomic E-state index is 14.1. The normalized spacial score (nSPS) is 11.0. The maximum atomic E-state index is 14.1. The molecular weight excluding hydrogens is 442 g/mol. The molecule has 0 unspecified atom stereocenters. The molecule has 0 saturated carbocycles. The van der Waals surface area contributed by atoms with Crippen molar-refractivity contribution >= 4 is 38.9 Å². The number of nitrogens with one attached hydrogen (secondary N) is 1. The standard InChI is InChI=1S/C23H17ClF2N2O2S/c1-12-9-14(7-8-27-12)13-3-6-18(30-2)15(10-13)11-28-23(29)22-20(24)19-16(25)4-5-17(26)21(19)31-22/h3-10H,11H2,1-2H3,(H,28,29). The third-order valence-corrected chi connectivity index (χ3v) is 6.52. The van der Waals surface area contributed by atoms with E-state index < -0.39 is 17.5 Å². The Labute approximate surface area is 186 Å². The molecule has 31 heavy (non-hydrogen) atoms. The summed E-state index contributed by atoms with van der Waals surface area (Å²) in [6, 6.07) is 11.5. The van der Waals surface area contributed by atoms with E-state index in [0.29, 0.717) is 5.75 Å². The lowest BCUT2D eigenvalue weighted by Crippen LogP contribution is -2.22. The molecule has 0 aliphatic rings. The average Bonchev–Trinajstić information content (AvgIpc) is 3.13. The second kappa shape index (κ2) is 8.61. The second-order valence-electron chi connectivity index (χ2n) is 6.87. The summed E-state index contributed by atoms with van der Waals surface area (Å²) in [4.78, 5) is 17.0. The van der Waals surface area contributed by atoms with Crippen molar-refractivity contribution in [1.82, 2.24) is 10.3 Å². The summed E-state index contributed by atoms with van der Waals surface area (Å²) in [6.45, 7) is 2.06. The fourth-order valence-corrected chi connectivity index (χ4v) is 4.79. The van der Waals surface area contributed by atoms with E-state index in [4.69, 9.17) is 16.3 Å². The van der Waals surface area contributed by atoms with Gasteiger partial charge in [0.1, 0.15) is 22.3 Å². The fourth-order valence-electron chi connectivity index (χ4n) is 3.32. The minimum absolute atomic E-state index is 0.0165. The lowest BCUT2D eigenvalue weighted by atomic mass is 10.0. The first-order valence-corrected chi connectivity index (χ1v) is 10.5. The first-order chi connectivity index (χ1) is 14.9. The zero-order chi connectivity index (χ0) is 22.1. The number of thiophene rings is 1. The lowest BCUT2D eigenvalue weighted by molar-refractivity contribution is 0.0955. The van der Waals surface area contributed by atoms with Crippen LogP contribution in [0.4, 0.5) is 8.78 Å². The van der Waals surface area contributed by atoms with Gasteiger partial charge in [0.2, 0.25) is 0 Å². The summed E-state index contributed by atoms with van der Waals surface area (Å²) in [6.07, 6.45) is 1.73. The molecule has 2 aromatic carbocycles. The van der Waals surface area contributed by atoms with E-state index in [0.717, 1.165) is 45.9 Å². The summed E-state index contributed by atoms with van der Waals surface area (Å²) in [7, 11) is 1.55. The number of pyridine rings is 1. The van der Waals surface area contributed by atoms with Gasteiger partial charge in [-0.25, -0.2) is 8.78 Å². The van der Waals surface area contributed by atoms with Crippen LogP contribution in [0.25, 0.3) is 21.2 Å². The van der Waals surface area contributed by atoms with Gasteiger partial charge in [-0.3, -0.25) is 9.78 Å². The van der Waals surface area contributed by atoms with Gasteiger partial charge in [0.05, 0.1) is 22.2 Å². The highest BCUT2D eigenvalue weighted by molar-refractivity contribution is 7.21. The van der Waals surface area contributed by atoms with Gasteiger partial charge in [-0.05, 0) is 54.4 Å². The van der Waals surface area contributed by atoms with Crippen LogP contribution in [0.5, 0.6) is 5.75 Å². The molecule has 0 aliphatic heterocycles. The minimum atomic E-state index is -0.668. The van der Waals surface area contributed by atoms with Gasteiger partial charge >= 0.3 is 0 Å². The Morgan fingerprint density at radius 3 is 2.58 bits per heavy atom. The molecule has 0 saturated heterocycles. The molecule has 0 spiro atoms. The van der Waals surface area contributed by atoms with Gasteiger partial charge in [-0.2, -0.15) is 0 Å². The number of rotatable bonds is 5. The number of nitrogens with zero attached hydrogens (tertiary/aromatic N) is 1. The first kappa shape index (κ1) is 21.2. The van der Waals surface area contributed by atoms with Crippen LogP contribution >= 0.6 is 22.9 Å². The zero-order valence-electron chi connectivity index (χ0n) is 16.6. The van der Waals surface area contributed by atoms with Gasteiger partial charge in [-0.1, -0.05) is 17.7 Å². The summed E-state index contributed by atoms with van der Waals surface area (Å²) < 4.78 is 33.6. The van der Waals surface area contributed by atoms with Crippen molar-refractivity contribution in [2.45, 2.75) is 13.5 Å².